The highest BCUT2D eigenvalue weighted by Crippen LogP contribution is 2.31. The van der Waals surface area contributed by atoms with Crippen molar-refractivity contribution >= 4 is 5.78 Å². The Morgan fingerprint density at radius 2 is 1.75 bits per heavy atom. The van der Waals surface area contributed by atoms with Crippen LogP contribution in [0.4, 0.5) is 8.78 Å². The van der Waals surface area contributed by atoms with Gasteiger partial charge in [0.15, 0.2) is 5.78 Å². The first-order chi connectivity index (χ1) is 9.45. The lowest BCUT2D eigenvalue weighted by molar-refractivity contribution is 0.0952. The maximum Gasteiger partial charge on any atom is 0.164 e. The molecule has 0 fully saturated rings. The fourth-order valence-electron chi connectivity index (χ4n) is 2.99. The number of carbonyl (C=O) groups is 1. The molecule has 20 heavy (non-hydrogen) atoms. The summed E-state index contributed by atoms with van der Waals surface area (Å²) in [6.45, 7) is 3.86. The molecule has 104 valence electrons. The number of fused-ring (bicyclic) bond motifs is 1. The maximum atomic E-state index is 13.4. The van der Waals surface area contributed by atoms with Crippen LogP contribution in [-0.2, 0) is 6.42 Å². The van der Waals surface area contributed by atoms with Crippen molar-refractivity contribution < 1.29 is 13.6 Å². The van der Waals surface area contributed by atoms with Crippen LogP contribution in [0.5, 0.6) is 0 Å². The number of halogens is 2. The lowest BCUT2D eigenvalue weighted by Crippen LogP contribution is -2.19. The Bertz CT molecular complexity index is 682. The third-order valence-electron chi connectivity index (χ3n) is 3.77. The van der Waals surface area contributed by atoms with Crippen LogP contribution >= 0.6 is 0 Å². The molecule has 0 amide bonds. The third-order valence-corrected chi connectivity index (χ3v) is 3.77. The van der Waals surface area contributed by atoms with E-state index in [2.05, 4.69) is 0 Å². The minimum Gasteiger partial charge on any atom is -0.317 e. The van der Waals surface area contributed by atoms with Gasteiger partial charge in [0, 0.05) is 29.4 Å². The number of carbonyl (C=O) groups excluding carboxylic acids is 1. The van der Waals surface area contributed by atoms with Crippen LogP contribution < -0.4 is 0 Å². The van der Waals surface area contributed by atoms with Crippen molar-refractivity contribution in [3.63, 3.8) is 0 Å². The van der Waals surface area contributed by atoms with Gasteiger partial charge in [-0.05, 0) is 37.5 Å². The molecule has 2 nitrogen and oxygen atoms in total. The largest absolute Gasteiger partial charge is 0.317 e. The zero-order valence-corrected chi connectivity index (χ0v) is 11.4. The van der Waals surface area contributed by atoms with E-state index >= 15 is 0 Å². The molecule has 1 atom stereocenters. The summed E-state index contributed by atoms with van der Waals surface area (Å²) in [5.74, 6) is -0.868. The fourth-order valence-corrected chi connectivity index (χ4v) is 2.99. The van der Waals surface area contributed by atoms with Crippen LogP contribution in [-0.4, -0.2) is 10.4 Å². The summed E-state index contributed by atoms with van der Waals surface area (Å²) < 4.78 is 28.6. The molecule has 1 aromatic heterocycles. The van der Waals surface area contributed by atoms with Gasteiger partial charge in [0.1, 0.15) is 11.6 Å². The van der Waals surface area contributed by atoms with Crippen LogP contribution in [0.3, 0.4) is 0 Å². The van der Waals surface area contributed by atoms with Crippen molar-refractivity contribution in [2.24, 2.45) is 5.92 Å². The van der Waals surface area contributed by atoms with Crippen molar-refractivity contribution in [3.05, 3.63) is 52.9 Å². The second-order valence-electron chi connectivity index (χ2n) is 5.55. The molecule has 0 bridgehead atoms. The lowest BCUT2D eigenvalue weighted by Gasteiger charge is -2.20. The molecule has 0 N–H and O–H groups in total. The number of ketones is 1. The highest BCUT2D eigenvalue weighted by Gasteiger charge is 2.27. The van der Waals surface area contributed by atoms with Crippen LogP contribution in [0.2, 0.25) is 0 Å². The number of nitrogens with zero attached hydrogens (tertiary/aromatic N) is 1. The first-order valence-corrected chi connectivity index (χ1v) is 6.66. The normalized spacial score (nSPS) is 18.2. The number of hydrogen-bond donors (Lipinski definition) is 0. The van der Waals surface area contributed by atoms with Crippen molar-refractivity contribution in [2.45, 2.75) is 26.7 Å². The average Bonchev–Trinajstić information content (AvgIpc) is 2.64. The summed E-state index contributed by atoms with van der Waals surface area (Å²) in [6, 6.07) is 5.25. The molecule has 3 rings (SSSR count). The van der Waals surface area contributed by atoms with Gasteiger partial charge in [-0.25, -0.2) is 8.78 Å². The van der Waals surface area contributed by atoms with Crippen LogP contribution in [0.1, 0.15) is 35.1 Å². The van der Waals surface area contributed by atoms with Crippen molar-refractivity contribution in [3.8, 4) is 5.69 Å². The molecule has 0 saturated carbocycles. The Labute approximate surface area is 116 Å². The topological polar surface area (TPSA) is 22.0 Å². The third kappa shape index (κ3) is 2.05. The SMILES string of the molecule is Cc1cc2c(n1-c1cc(F)cc(F)c1)C[C@H](C)CC2=O. The van der Waals surface area contributed by atoms with Gasteiger partial charge in [0.2, 0.25) is 0 Å². The van der Waals surface area contributed by atoms with Crippen molar-refractivity contribution in [2.75, 3.05) is 0 Å². The molecule has 0 spiro atoms. The molecule has 1 aliphatic rings. The quantitative estimate of drug-likeness (QED) is 0.775. The predicted octanol–water partition coefficient (Wildman–Crippen LogP) is 3.83. The van der Waals surface area contributed by atoms with Crippen LogP contribution in [0.15, 0.2) is 24.3 Å². The van der Waals surface area contributed by atoms with E-state index in [-0.39, 0.29) is 11.7 Å². The summed E-state index contributed by atoms with van der Waals surface area (Å²) in [4.78, 5) is 12.1. The highest BCUT2D eigenvalue weighted by molar-refractivity contribution is 5.98. The number of rotatable bonds is 1. The van der Waals surface area contributed by atoms with Gasteiger partial charge in [-0.2, -0.15) is 0 Å². The minimum absolute atomic E-state index is 0.109. The minimum atomic E-state index is -0.614. The summed E-state index contributed by atoms with van der Waals surface area (Å²) in [7, 11) is 0. The van der Waals surface area contributed by atoms with Gasteiger partial charge in [0.05, 0.1) is 5.69 Å². The zero-order chi connectivity index (χ0) is 14.4. The van der Waals surface area contributed by atoms with E-state index in [1.807, 2.05) is 19.9 Å². The Hall–Kier alpha value is -1.97. The summed E-state index contributed by atoms with van der Waals surface area (Å²) in [6.07, 6.45) is 1.28. The van der Waals surface area contributed by atoms with Gasteiger partial charge < -0.3 is 4.57 Å². The highest BCUT2D eigenvalue weighted by atomic mass is 19.1. The lowest BCUT2D eigenvalue weighted by atomic mass is 9.88. The fraction of sp³-hybridized carbons (Fsp3) is 0.312. The molecule has 4 heteroatoms. The van der Waals surface area contributed by atoms with Gasteiger partial charge in [0.25, 0.3) is 0 Å². The molecular weight excluding hydrogens is 260 g/mol. The molecule has 1 aromatic carbocycles. The van der Waals surface area contributed by atoms with Gasteiger partial charge in [-0.15, -0.1) is 0 Å². The van der Waals surface area contributed by atoms with E-state index in [4.69, 9.17) is 0 Å². The van der Waals surface area contributed by atoms with E-state index < -0.39 is 11.6 Å². The standard InChI is InChI=1S/C16H15F2NO/c1-9-3-15-14(16(20)4-9)5-10(2)19(15)13-7-11(17)6-12(18)8-13/h5-9H,3-4H2,1-2H3/t9-/m0/s1. The molecule has 0 aliphatic heterocycles. The predicted molar refractivity (Wildman–Crippen MR) is 72.2 cm³/mol. The summed E-state index contributed by atoms with van der Waals surface area (Å²) in [5, 5.41) is 0. The van der Waals surface area contributed by atoms with Crippen molar-refractivity contribution in [1.82, 2.24) is 4.57 Å². The second kappa shape index (κ2) is 4.54. The molecule has 0 radical (unpaired) electrons. The Balaban J connectivity index is 2.22. The van der Waals surface area contributed by atoms with E-state index in [0.29, 0.717) is 17.7 Å². The molecule has 2 aromatic rings. The zero-order valence-electron chi connectivity index (χ0n) is 11.4. The molecule has 1 aliphatic carbocycles. The molecule has 1 heterocycles. The van der Waals surface area contributed by atoms with Gasteiger partial charge >= 0.3 is 0 Å². The number of benzene rings is 1. The Morgan fingerprint density at radius 1 is 1.10 bits per heavy atom. The van der Waals surface area contributed by atoms with E-state index in [1.54, 1.807) is 4.57 Å². The molecule has 0 saturated heterocycles. The average molecular weight is 275 g/mol. The summed E-state index contributed by atoms with van der Waals surface area (Å²) in [5.41, 5.74) is 2.80. The first kappa shape index (κ1) is 13.0. The Kier molecular flexibility index (Phi) is 2.96. The van der Waals surface area contributed by atoms with E-state index in [0.717, 1.165) is 23.9 Å². The van der Waals surface area contributed by atoms with Gasteiger partial charge in [-0.3, -0.25) is 4.79 Å². The van der Waals surface area contributed by atoms with Crippen molar-refractivity contribution in [1.29, 1.82) is 0 Å². The molecular formula is C16H15F2NO. The number of aryl methyl sites for hydroxylation is 1. The molecule has 0 unspecified atom stereocenters. The smallest absolute Gasteiger partial charge is 0.164 e. The summed E-state index contributed by atoms with van der Waals surface area (Å²) >= 11 is 0. The Morgan fingerprint density at radius 3 is 2.40 bits per heavy atom. The van der Waals surface area contributed by atoms with E-state index in [9.17, 15) is 13.6 Å². The van der Waals surface area contributed by atoms with Crippen LogP contribution in [0.25, 0.3) is 5.69 Å². The number of Topliss-reactive ketones (excluding diaryl/α,β-unsaturated/α-hetero) is 1. The maximum absolute atomic E-state index is 13.4. The first-order valence-electron chi connectivity index (χ1n) is 6.66. The second-order valence-corrected chi connectivity index (χ2v) is 5.55. The van der Waals surface area contributed by atoms with Crippen LogP contribution in [0, 0.1) is 24.5 Å². The number of aromatic nitrogens is 1. The number of hydrogen-bond acceptors (Lipinski definition) is 1. The van der Waals surface area contributed by atoms with E-state index in [1.165, 1.54) is 12.1 Å². The monoisotopic (exact) mass is 275 g/mol. The van der Waals surface area contributed by atoms with Gasteiger partial charge in [-0.1, -0.05) is 6.92 Å².